The van der Waals surface area contributed by atoms with E-state index in [2.05, 4.69) is 10.4 Å². The molecule has 0 aliphatic rings. The second-order valence-electron chi connectivity index (χ2n) is 5.65. The molecule has 0 bridgehead atoms. The van der Waals surface area contributed by atoms with Crippen LogP contribution in [0.15, 0.2) is 16.9 Å². The number of carbonyl (C=O) groups excluding carboxylic acids is 1. The zero-order valence-corrected chi connectivity index (χ0v) is 13.6. The number of methoxy groups -OCH3 is 1. The minimum atomic E-state index is -0.947. The van der Waals surface area contributed by atoms with Gasteiger partial charge >= 0.3 is 5.97 Å². The first-order valence-corrected chi connectivity index (χ1v) is 7.43. The van der Waals surface area contributed by atoms with Crippen molar-refractivity contribution in [1.29, 1.82) is 0 Å². The summed E-state index contributed by atoms with van der Waals surface area (Å²) < 4.78 is 6.02. The molecule has 1 amide bonds. The molecule has 8 nitrogen and oxygen atoms in total. The van der Waals surface area contributed by atoms with Crippen molar-refractivity contribution in [3.8, 4) is 0 Å². The Morgan fingerprint density at radius 1 is 1.39 bits per heavy atom. The van der Waals surface area contributed by atoms with Crippen LogP contribution in [-0.2, 0) is 16.1 Å². The minimum Gasteiger partial charge on any atom is -0.481 e. The molecule has 1 aromatic heterocycles. The van der Waals surface area contributed by atoms with Crippen LogP contribution in [-0.4, -0.2) is 47.0 Å². The van der Waals surface area contributed by atoms with Crippen LogP contribution in [0, 0.1) is 11.8 Å². The molecule has 0 aliphatic heterocycles. The van der Waals surface area contributed by atoms with Crippen LogP contribution in [0.5, 0.6) is 0 Å². The standard InChI is InChI=1S/C15H23N3O5/c1-10(2)8-11(15(21)22)9-16-14(20)12-4-5-13(19)18(17-12)6-7-23-3/h4-5,10-11H,6-9H2,1-3H3,(H,16,20)(H,21,22). The maximum absolute atomic E-state index is 12.1. The van der Waals surface area contributed by atoms with Crippen molar-refractivity contribution >= 4 is 11.9 Å². The lowest BCUT2D eigenvalue weighted by Gasteiger charge is -2.15. The highest BCUT2D eigenvalue weighted by molar-refractivity contribution is 5.92. The fourth-order valence-electron chi connectivity index (χ4n) is 2.05. The van der Waals surface area contributed by atoms with Crippen molar-refractivity contribution < 1.29 is 19.4 Å². The lowest BCUT2D eigenvalue weighted by atomic mass is 9.97. The van der Waals surface area contributed by atoms with E-state index in [-0.39, 0.29) is 30.3 Å². The van der Waals surface area contributed by atoms with Crippen LogP contribution < -0.4 is 10.9 Å². The molecule has 0 aromatic carbocycles. The summed E-state index contributed by atoms with van der Waals surface area (Å²) in [5, 5.41) is 15.7. The smallest absolute Gasteiger partial charge is 0.308 e. The molecule has 1 atom stereocenters. The first-order chi connectivity index (χ1) is 10.8. The van der Waals surface area contributed by atoms with E-state index < -0.39 is 17.8 Å². The number of hydrogen-bond donors (Lipinski definition) is 2. The molecule has 0 spiro atoms. The Labute approximate surface area is 134 Å². The highest BCUT2D eigenvalue weighted by Crippen LogP contribution is 2.11. The van der Waals surface area contributed by atoms with E-state index in [1.165, 1.54) is 19.2 Å². The van der Waals surface area contributed by atoms with Gasteiger partial charge in [-0.25, -0.2) is 4.68 Å². The average molecular weight is 325 g/mol. The molecule has 128 valence electrons. The van der Waals surface area contributed by atoms with Crippen LogP contribution in [0.4, 0.5) is 0 Å². The second-order valence-corrected chi connectivity index (χ2v) is 5.65. The zero-order valence-electron chi connectivity index (χ0n) is 13.6. The Bertz CT molecular complexity index is 597. The van der Waals surface area contributed by atoms with E-state index in [1.54, 1.807) is 0 Å². The average Bonchev–Trinajstić information content (AvgIpc) is 2.49. The summed E-state index contributed by atoms with van der Waals surface area (Å²) in [4.78, 5) is 34.9. The highest BCUT2D eigenvalue weighted by Gasteiger charge is 2.20. The maximum Gasteiger partial charge on any atom is 0.308 e. The van der Waals surface area contributed by atoms with Gasteiger partial charge in [0.25, 0.3) is 11.5 Å². The van der Waals surface area contributed by atoms with Gasteiger partial charge in [0, 0.05) is 19.7 Å². The van der Waals surface area contributed by atoms with Gasteiger partial charge in [-0.15, -0.1) is 0 Å². The van der Waals surface area contributed by atoms with Gasteiger partial charge in [-0.2, -0.15) is 5.10 Å². The van der Waals surface area contributed by atoms with E-state index in [1.807, 2.05) is 13.8 Å². The van der Waals surface area contributed by atoms with Gasteiger partial charge in [0.15, 0.2) is 0 Å². The van der Waals surface area contributed by atoms with Crippen LogP contribution in [0.25, 0.3) is 0 Å². The molecule has 0 aliphatic carbocycles. The number of aliphatic carboxylic acids is 1. The first-order valence-electron chi connectivity index (χ1n) is 7.43. The van der Waals surface area contributed by atoms with E-state index in [9.17, 15) is 14.4 Å². The number of carbonyl (C=O) groups is 2. The zero-order chi connectivity index (χ0) is 17.4. The molecular weight excluding hydrogens is 302 g/mol. The molecule has 0 saturated heterocycles. The predicted molar refractivity (Wildman–Crippen MR) is 83.3 cm³/mol. The lowest BCUT2D eigenvalue weighted by molar-refractivity contribution is -0.142. The fraction of sp³-hybridized carbons (Fsp3) is 0.600. The third-order valence-electron chi connectivity index (χ3n) is 3.22. The monoisotopic (exact) mass is 325 g/mol. The van der Waals surface area contributed by atoms with Crippen molar-refractivity contribution in [3.05, 3.63) is 28.2 Å². The summed E-state index contributed by atoms with van der Waals surface area (Å²) in [7, 11) is 1.50. The summed E-state index contributed by atoms with van der Waals surface area (Å²) in [5.74, 6) is -1.90. The molecular formula is C15H23N3O5. The molecule has 0 radical (unpaired) electrons. The summed E-state index contributed by atoms with van der Waals surface area (Å²) >= 11 is 0. The Morgan fingerprint density at radius 2 is 2.09 bits per heavy atom. The molecule has 2 N–H and O–H groups in total. The Morgan fingerprint density at radius 3 is 2.65 bits per heavy atom. The number of rotatable bonds is 9. The van der Waals surface area contributed by atoms with Crippen molar-refractivity contribution in [3.63, 3.8) is 0 Å². The molecule has 0 saturated carbocycles. The third-order valence-corrected chi connectivity index (χ3v) is 3.22. The number of carboxylic acid groups (broad SMARTS) is 1. The van der Waals surface area contributed by atoms with Gasteiger partial charge in [-0.1, -0.05) is 13.8 Å². The van der Waals surface area contributed by atoms with Gasteiger partial charge < -0.3 is 15.2 Å². The van der Waals surface area contributed by atoms with E-state index in [4.69, 9.17) is 9.84 Å². The van der Waals surface area contributed by atoms with Crippen LogP contribution in [0.1, 0.15) is 30.8 Å². The maximum atomic E-state index is 12.1. The van der Waals surface area contributed by atoms with Crippen LogP contribution in [0.2, 0.25) is 0 Å². The number of hydrogen-bond acceptors (Lipinski definition) is 5. The number of carboxylic acids is 1. The van der Waals surface area contributed by atoms with Crippen LogP contribution in [0.3, 0.4) is 0 Å². The van der Waals surface area contributed by atoms with Crippen LogP contribution >= 0.6 is 0 Å². The van der Waals surface area contributed by atoms with Gasteiger partial charge in [-0.05, 0) is 18.4 Å². The fourth-order valence-corrected chi connectivity index (χ4v) is 2.05. The van der Waals surface area contributed by atoms with Crippen molar-refractivity contribution in [2.45, 2.75) is 26.8 Å². The summed E-state index contributed by atoms with van der Waals surface area (Å²) in [6.45, 7) is 4.40. The quantitative estimate of drug-likeness (QED) is 0.678. The summed E-state index contributed by atoms with van der Waals surface area (Å²) in [6, 6.07) is 2.57. The Hall–Kier alpha value is -2.22. The van der Waals surface area contributed by atoms with Gasteiger partial charge in [0.05, 0.1) is 19.1 Å². The second kappa shape index (κ2) is 9.04. The number of aromatic nitrogens is 2. The van der Waals surface area contributed by atoms with Gasteiger partial charge in [-0.3, -0.25) is 14.4 Å². The minimum absolute atomic E-state index is 0.0191. The molecule has 0 fully saturated rings. The van der Waals surface area contributed by atoms with Crippen molar-refractivity contribution in [2.75, 3.05) is 20.3 Å². The number of ether oxygens (including phenoxy) is 1. The largest absolute Gasteiger partial charge is 0.481 e. The molecule has 1 aromatic rings. The van der Waals surface area contributed by atoms with Gasteiger partial charge in [0.2, 0.25) is 0 Å². The predicted octanol–water partition coefficient (Wildman–Crippen LogP) is 0.366. The number of amides is 1. The van der Waals surface area contributed by atoms with E-state index >= 15 is 0 Å². The molecule has 1 rings (SSSR count). The lowest BCUT2D eigenvalue weighted by Crippen LogP contribution is -2.35. The molecule has 23 heavy (non-hydrogen) atoms. The van der Waals surface area contributed by atoms with Crippen molar-refractivity contribution in [1.82, 2.24) is 15.1 Å². The topological polar surface area (TPSA) is 111 Å². The number of nitrogens with one attached hydrogen (secondary N) is 1. The van der Waals surface area contributed by atoms with Crippen molar-refractivity contribution in [2.24, 2.45) is 11.8 Å². The van der Waals surface area contributed by atoms with E-state index in [0.29, 0.717) is 13.0 Å². The normalized spacial score (nSPS) is 12.2. The number of nitrogens with zero attached hydrogens (tertiary/aromatic N) is 2. The summed E-state index contributed by atoms with van der Waals surface area (Å²) in [6.07, 6.45) is 0.469. The Balaban J connectivity index is 2.73. The van der Waals surface area contributed by atoms with E-state index in [0.717, 1.165) is 4.68 Å². The highest BCUT2D eigenvalue weighted by atomic mass is 16.5. The molecule has 1 heterocycles. The van der Waals surface area contributed by atoms with Gasteiger partial charge in [0.1, 0.15) is 5.69 Å². The first kappa shape index (κ1) is 18.8. The summed E-state index contributed by atoms with van der Waals surface area (Å²) in [5.41, 5.74) is -0.267. The third kappa shape index (κ3) is 6.19. The Kier molecular flexibility index (Phi) is 7.40. The SMILES string of the molecule is COCCn1nc(C(=O)NCC(CC(C)C)C(=O)O)ccc1=O. The molecule has 1 unspecified atom stereocenters. The molecule has 8 heteroatoms.